The minimum Gasteiger partial charge on any atom is -0.133 e. The van der Waals surface area contributed by atoms with E-state index in [0.29, 0.717) is 0 Å². The third-order valence-electron chi connectivity index (χ3n) is 5.12. The normalized spacial score (nSPS) is 10.6. The van der Waals surface area contributed by atoms with Crippen molar-refractivity contribution in [2.75, 3.05) is 0 Å². The minimum absolute atomic E-state index is 1.01. The van der Waals surface area contributed by atoms with Crippen LogP contribution in [0.25, 0.3) is 43.1 Å². The Labute approximate surface area is 170 Å². The number of hydrogen-bond acceptors (Lipinski definition) is 0. The van der Waals surface area contributed by atoms with Gasteiger partial charge in [0.25, 0.3) is 0 Å². The molecule has 5 rings (SSSR count). The molecule has 28 heavy (non-hydrogen) atoms. The largest absolute Gasteiger partial charge is 0.147 e. The van der Waals surface area contributed by atoms with Gasteiger partial charge in [-0.15, -0.1) is 11.1 Å². The van der Waals surface area contributed by atoms with E-state index in [1.54, 1.807) is 0 Å². The fraction of sp³-hybridized carbons (Fsp3) is 0. The third kappa shape index (κ3) is 2.90. The van der Waals surface area contributed by atoms with E-state index in [-0.39, 0.29) is 0 Å². The van der Waals surface area contributed by atoms with E-state index in [0.717, 1.165) is 11.1 Å². The first kappa shape index (κ1) is 16.8. The van der Waals surface area contributed by atoms with Crippen LogP contribution in [0.2, 0.25) is 0 Å². The van der Waals surface area contributed by atoms with E-state index in [1.807, 2.05) is 0 Å². The molecule has 0 N–H and O–H groups in total. The average Bonchev–Trinajstić information content (AvgIpc) is 2.70. The molecule has 0 aliphatic heterocycles. The van der Waals surface area contributed by atoms with Gasteiger partial charge in [0, 0.05) is 11.1 Å². The zero-order valence-electron chi connectivity index (χ0n) is 14.9. The summed E-state index contributed by atoms with van der Waals surface area (Å²) in [5.41, 5.74) is 7.58. The summed E-state index contributed by atoms with van der Waals surface area (Å²) in [6.07, 6.45) is 0. The van der Waals surface area contributed by atoms with Crippen molar-refractivity contribution in [3.63, 3.8) is 0 Å². The quantitative estimate of drug-likeness (QED) is 0.195. The van der Waals surface area contributed by atoms with Gasteiger partial charge < -0.3 is 0 Å². The van der Waals surface area contributed by atoms with Crippen molar-refractivity contribution in [2.45, 2.75) is 0 Å². The molecule has 2 heteroatoms. The maximum absolute atomic E-state index is 3.23. The molecule has 0 saturated heterocycles. The van der Waals surface area contributed by atoms with Crippen LogP contribution >= 0.6 is 0 Å². The van der Waals surface area contributed by atoms with E-state index < -0.39 is 0 Å². The number of rotatable bonds is 0. The second kappa shape index (κ2) is 6.69. The highest BCUT2D eigenvalue weighted by atomic mass is 28.1. The van der Waals surface area contributed by atoms with E-state index in [2.05, 4.69) is 116 Å². The fourth-order valence-electron chi connectivity index (χ4n) is 3.80. The lowest BCUT2D eigenvalue weighted by Gasteiger charge is -2.08. The Balaban J connectivity index is 1.77. The van der Waals surface area contributed by atoms with Crippen molar-refractivity contribution >= 4 is 63.6 Å². The zero-order chi connectivity index (χ0) is 19.1. The Morgan fingerprint density at radius 1 is 0.393 bits per heavy atom. The molecule has 5 aromatic rings. The van der Waals surface area contributed by atoms with Crippen molar-refractivity contribution in [2.24, 2.45) is 0 Å². The smallest absolute Gasteiger partial charge is 0.133 e. The standard InChI is InChI=1S/C26H12Si2/c27-7-5-17-1-3-19-11-23-15-24-12-20-4-2-18(6-8-28)10-22(20)14-26(24)16-25(23)13-21(19)9-17/h1-4,9-16H. The van der Waals surface area contributed by atoms with Gasteiger partial charge >= 0.3 is 0 Å². The van der Waals surface area contributed by atoms with E-state index in [1.165, 1.54) is 43.1 Å². The second-order valence-corrected chi connectivity index (χ2v) is 7.37. The Kier molecular flexibility index (Phi) is 4.03. The van der Waals surface area contributed by atoms with Crippen LogP contribution in [0.15, 0.2) is 72.8 Å². The molecule has 0 atom stereocenters. The van der Waals surface area contributed by atoms with Crippen LogP contribution in [0.3, 0.4) is 0 Å². The number of benzene rings is 5. The summed E-state index contributed by atoms with van der Waals surface area (Å²) in [5.74, 6) is 6.12. The molecule has 0 fully saturated rings. The van der Waals surface area contributed by atoms with Crippen LogP contribution in [0.1, 0.15) is 11.1 Å². The van der Waals surface area contributed by atoms with Crippen molar-refractivity contribution in [3.05, 3.63) is 83.9 Å². The molecule has 0 spiro atoms. The van der Waals surface area contributed by atoms with Gasteiger partial charge in [0.1, 0.15) is 20.5 Å². The minimum atomic E-state index is 1.01. The van der Waals surface area contributed by atoms with Gasteiger partial charge in [-0.1, -0.05) is 24.0 Å². The van der Waals surface area contributed by atoms with Gasteiger partial charge in [-0.2, -0.15) is 0 Å². The monoisotopic (exact) mass is 380 g/mol. The highest BCUT2D eigenvalue weighted by molar-refractivity contribution is 6.22. The van der Waals surface area contributed by atoms with Crippen LogP contribution in [-0.2, 0) is 0 Å². The Morgan fingerprint density at radius 3 is 1.07 bits per heavy atom. The fourth-order valence-corrected chi connectivity index (χ4v) is 4.09. The molecule has 0 aliphatic carbocycles. The van der Waals surface area contributed by atoms with Crippen LogP contribution in [0.5, 0.6) is 0 Å². The molecule has 0 nitrogen and oxygen atoms in total. The molecule has 0 saturated carbocycles. The maximum Gasteiger partial charge on any atom is 0.147 e. The summed E-state index contributed by atoms with van der Waals surface area (Å²) in [7, 11) is 6.46. The average molecular weight is 381 g/mol. The molecule has 0 aliphatic rings. The lowest BCUT2D eigenvalue weighted by molar-refractivity contribution is 1.71. The van der Waals surface area contributed by atoms with E-state index in [4.69, 9.17) is 0 Å². The number of fused-ring (bicyclic) bond motifs is 4. The molecule has 124 valence electrons. The molecule has 0 unspecified atom stereocenters. The topological polar surface area (TPSA) is 0 Å². The highest BCUT2D eigenvalue weighted by Gasteiger charge is 2.04. The van der Waals surface area contributed by atoms with Crippen molar-refractivity contribution in [1.82, 2.24) is 0 Å². The second-order valence-electron chi connectivity index (χ2n) is 6.87. The van der Waals surface area contributed by atoms with Gasteiger partial charge in [-0.05, 0) is 104 Å². The molecule has 0 heterocycles. The first-order valence-electron chi connectivity index (χ1n) is 8.94. The van der Waals surface area contributed by atoms with E-state index >= 15 is 0 Å². The van der Waals surface area contributed by atoms with Gasteiger partial charge in [0.05, 0.1) is 0 Å². The molecular formula is C26H12Si2. The predicted octanol–water partition coefficient (Wildman–Crippen LogP) is 5.25. The molecular weight excluding hydrogens is 368 g/mol. The Bertz CT molecular complexity index is 1420. The van der Waals surface area contributed by atoms with Crippen LogP contribution < -0.4 is 0 Å². The van der Waals surface area contributed by atoms with Crippen molar-refractivity contribution in [1.29, 1.82) is 0 Å². The maximum atomic E-state index is 3.23. The first-order valence-corrected chi connectivity index (χ1v) is 9.94. The summed E-state index contributed by atoms with van der Waals surface area (Å²) < 4.78 is 0. The Hall–Kier alpha value is -3.31. The lowest BCUT2D eigenvalue weighted by Crippen LogP contribution is -1.83. The first-order chi connectivity index (χ1) is 13.7. The molecule has 6 radical (unpaired) electrons. The summed E-state index contributed by atoms with van der Waals surface area (Å²) in [6, 6.07) is 26.2. The molecule has 0 amide bonds. The van der Waals surface area contributed by atoms with E-state index in [9.17, 15) is 0 Å². The Morgan fingerprint density at radius 2 is 0.714 bits per heavy atom. The van der Waals surface area contributed by atoms with Gasteiger partial charge in [0.15, 0.2) is 0 Å². The molecule has 0 bridgehead atoms. The summed E-state index contributed by atoms with van der Waals surface area (Å²) in [5, 5.41) is 9.83. The lowest BCUT2D eigenvalue weighted by atomic mass is 9.96. The zero-order valence-corrected chi connectivity index (χ0v) is 16.9. The summed E-state index contributed by atoms with van der Waals surface area (Å²) >= 11 is 0. The van der Waals surface area contributed by atoms with Crippen LogP contribution in [0.4, 0.5) is 0 Å². The molecule has 0 aromatic heterocycles. The molecule has 5 aromatic carbocycles. The summed E-state index contributed by atoms with van der Waals surface area (Å²) in [6.45, 7) is 0. The van der Waals surface area contributed by atoms with Crippen molar-refractivity contribution < 1.29 is 0 Å². The number of hydrogen-bond donors (Lipinski definition) is 0. The van der Waals surface area contributed by atoms with Crippen LogP contribution in [0, 0.1) is 22.9 Å². The van der Waals surface area contributed by atoms with Gasteiger partial charge in [-0.3, -0.25) is 0 Å². The van der Waals surface area contributed by atoms with Gasteiger partial charge in [0.2, 0.25) is 0 Å². The van der Waals surface area contributed by atoms with Crippen molar-refractivity contribution in [3.8, 4) is 22.9 Å². The third-order valence-corrected chi connectivity index (χ3v) is 5.37. The van der Waals surface area contributed by atoms with Crippen LogP contribution in [-0.4, -0.2) is 20.5 Å². The SMILES string of the molecule is [Si]C#Cc1ccc2cc3cc4cc5ccc(C#C[Si])cc5cc4cc3cc2c1. The summed E-state index contributed by atoms with van der Waals surface area (Å²) in [4.78, 5) is 0. The highest BCUT2D eigenvalue weighted by Crippen LogP contribution is 2.30. The predicted molar refractivity (Wildman–Crippen MR) is 122 cm³/mol. The van der Waals surface area contributed by atoms with Gasteiger partial charge in [-0.25, -0.2) is 0 Å².